The number of aryl methyl sites for hydroxylation is 1. The maximum atomic E-state index is 12.5. The number of hydrogen-bond donors (Lipinski definition) is 0. The Hall–Kier alpha value is -2.08. The van der Waals surface area contributed by atoms with Gasteiger partial charge in [-0.3, -0.25) is 9.69 Å². The molecule has 0 aliphatic carbocycles. The smallest absolute Gasteiger partial charge is 0.257 e. The molecule has 1 amide bonds. The highest BCUT2D eigenvalue weighted by Crippen LogP contribution is 2.24. The van der Waals surface area contributed by atoms with E-state index in [-0.39, 0.29) is 11.9 Å². The van der Waals surface area contributed by atoms with Crippen LogP contribution in [0, 0.1) is 0 Å². The summed E-state index contributed by atoms with van der Waals surface area (Å²) in [6.07, 6.45) is 6.79. The minimum Gasteiger partial charge on any atom is -0.472 e. The highest BCUT2D eigenvalue weighted by Gasteiger charge is 2.32. The second-order valence-electron chi connectivity index (χ2n) is 5.30. The number of aromatic nitrogens is 2. The van der Waals surface area contributed by atoms with Crippen LogP contribution in [0.2, 0.25) is 0 Å². The third-order valence-electron chi connectivity index (χ3n) is 4.11. The molecule has 0 bridgehead atoms. The molecule has 112 valence electrons. The lowest BCUT2D eigenvalue weighted by molar-refractivity contribution is 0.0472. The quantitative estimate of drug-likeness (QED) is 0.859. The molecule has 1 fully saturated rings. The number of nitrogens with zero attached hydrogens (tertiary/aromatic N) is 4. The molecule has 3 heterocycles. The van der Waals surface area contributed by atoms with Gasteiger partial charge in [-0.25, -0.2) is 4.98 Å². The first-order chi connectivity index (χ1) is 10.2. The highest BCUT2D eigenvalue weighted by molar-refractivity contribution is 5.93. The van der Waals surface area contributed by atoms with Crippen LogP contribution in [0.1, 0.15) is 29.1 Å². The van der Waals surface area contributed by atoms with E-state index >= 15 is 0 Å². The number of imidazole rings is 1. The van der Waals surface area contributed by atoms with E-state index in [2.05, 4.69) is 16.8 Å². The van der Waals surface area contributed by atoms with Crippen LogP contribution in [0.5, 0.6) is 0 Å². The van der Waals surface area contributed by atoms with Gasteiger partial charge < -0.3 is 13.9 Å². The standard InChI is InChI=1S/C15H20N4O2/c1-3-18-7-8-19(15(20)12-4-9-21-11-12)10-13(18)14-16-5-6-17(14)2/h4-6,9,11,13H,3,7-8,10H2,1-2H3/t13-/m0/s1. The zero-order valence-electron chi connectivity index (χ0n) is 12.4. The molecule has 2 aromatic rings. The number of carbonyl (C=O) groups is 1. The van der Waals surface area contributed by atoms with Crippen LogP contribution in [0.15, 0.2) is 35.4 Å². The maximum absolute atomic E-state index is 12.5. The Bertz CT molecular complexity index is 605. The molecule has 0 radical (unpaired) electrons. The monoisotopic (exact) mass is 288 g/mol. The first-order valence-electron chi connectivity index (χ1n) is 7.23. The third-order valence-corrected chi connectivity index (χ3v) is 4.11. The van der Waals surface area contributed by atoms with Gasteiger partial charge >= 0.3 is 0 Å². The Labute approximate surface area is 124 Å². The van der Waals surface area contributed by atoms with Gasteiger partial charge in [0.1, 0.15) is 12.1 Å². The van der Waals surface area contributed by atoms with Gasteiger partial charge in [-0.1, -0.05) is 6.92 Å². The van der Waals surface area contributed by atoms with Gasteiger partial charge in [0.05, 0.1) is 17.9 Å². The van der Waals surface area contributed by atoms with E-state index in [0.717, 1.165) is 25.5 Å². The fourth-order valence-electron chi connectivity index (χ4n) is 2.90. The fourth-order valence-corrected chi connectivity index (χ4v) is 2.90. The van der Waals surface area contributed by atoms with Gasteiger partial charge in [0.15, 0.2) is 0 Å². The molecule has 0 spiro atoms. The van der Waals surface area contributed by atoms with Crippen LogP contribution >= 0.6 is 0 Å². The van der Waals surface area contributed by atoms with Crippen LogP contribution in [0.3, 0.4) is 0 Å². The van der Waals surface area contributed by atoms with E-state index in [0.29, 0.717) is 12.1 Å². The summed E-state index contributed by atoms with van der Waals surface area (Å²) >= 11 is 0. The Morgan fingerprint density at radius 3 is 2.95 bits per heavy atom. The van der Waals surface area contributed by atoms with Crippen LogP contribution in [0.4, 0.5) is 0 Å². The second kappa shape index (κ2) is 5.73. The molecule has 0 aromatic carbocycles. The predicted molar refractivity (Wildman–Crippen MR) is 77.8 cm³/mol. The lowest BCUT2D eigenvalue weighted by Crippen LogP contribution is -2.50. The van der Waals surface area contributed by atoms with Crippen molar-refractivity contribution < 1.29 is 9.21 Å². The lowest BCUT2D eigenvalue weighted by atomic mass is 10.1. The number of hydrogen-bond acceptors (Lipinski definition) is 4. The number of furan rings is 1. The summed E-state index contributed by atoms with van der Waals surface area (Å²) in [5.41, 5.74) is 0.610. The number of piperazine rings is 1. The van der Waals surface area contributed by atoms with Crippen LogP contribution in [0.25, 0.3) is 0 Å². The molecule has 1 aliphatic heterocycles. The normalized spacial score (nSPS) is 19.9. The van der Waals surface area contributed by atoms with Crippen molar-refractivity contribution in [3.63, 3.8) is 0 Å². The molecule has 6 heteroatoms. The molecule has 1 aliphatic rings. The summed E-state index contributed by atoms with van der Waals surface area (Å²) in [5, 5.41) is 0. The van der Waals surface area contributed by atoms with Gasteiger partial charge in [0, 0.05) is 39.1 Å². The SMILES string of the molecule is CCN1CCN(C(=O)c2ccoc2)C[C@H]1c1nccn1C. The molecule has 6 nitrogen and oxygen atoms in total. The molecular formula is C15H20N4O2. The predicted octanol–water partition coefficient (Wildman–Crippen LogP) is 1.53. The number of amides is 1. The highest BCUT2D eigenvalue weighted by atomic mass is 16.3. The molecule has 1 atom stereocenters. The Kier molecular flexibility index (Phi) is 3.79. The Morgan fingerprint density at radius 2 is 2.33 bits per heavy atom. The van der Waals surface area contributed by atoms with Gasteiger partial charge in [0.2, 0.25) is 0 Å². The van der Waals surface area contributed by atoms with E-state index in [1.807, 2.05) is 22.7 Å². The largest absolute Gasteiger partial charge is 0.472 e. The van der Waals surface area contributed by atoms with E-state index in [1.165, 1.54) is 12.5 Å². The summed E-state index contributed by atoms with van der Waals surface area (Å²) in [7, 11) is 1.99. The van der Waals surface area contributed by atoms with E-state index in [1.54, 1.807) is 12.3 Å². The van der Waals surface area contributed by atoms with Gasteiger partial charge in [-0.15, -0.1) is 0 Å². The van der Waals surface area contributed by atoms with Crippen molar-refractivity contribution in [3.8, 4) is 0 Å². The average Bonchev–Trinajstić information content (AvgIpc) is 3.17. The second-order valence-corrected chi connectivity index (χ2v) is 5.30. The van der Waals surface area contributed by atoms with Crippen molar-refractivity contribution in [2.75, 3.05) is 26.2 Å². The Morgan fingerprint density at radius 1 is 1.48 bits per heavy atom. The summed E-state index contributed by atoms with van der Waals surface area (Å²) in [5.74, 6) is 1.03. The maximum Gasteiger partial charge on any atom is 0.257 e. The zero-order chi connectivity index (χ0) is 14.8. The third kappa shape index (κ3) is 2.58. The number of likely N-dealkylation sites (N-methyl/N-ethyl adjacent to an activating group) is 1. The summed E-state index contributed by atoms with van der Waals surface area (Å²) in [6, 6.07) is 1.85. The molecule has 1 saturated heterocycles. The molecular weight excluding hydrogens is 268 g/mol. The van der Waals surface area contributed by atoms with Crippen LogP contribution in [-0.2, 0) is 7.05 Å². The van der Waals surface area contributed by atoms with Crippen LogP contribution < -0.4 is 0 Å². The molecule has 21 heavy (non-hydrogen) atoms. The minimum absolute atomic E-state index is 0.0266. The molecule has 2 aromatic heterocycles. The summed E-state index contributed by atoms with van der Waals surface area (Å²) in [6.45, 7) is 5.34. The van der Waals surface area contributed by atoms with Crippen molar-refractivity contribution in [3.05, 3.63) is 42.4 Å². The molecule has 0 N–H and O–H groups in total. The lowest BCUT2D eigenvalue weighted by Gasteiger charge is -2.40. The van der Waals surface area contributed by atoms with E-state index < -0.39 is 0 Å². The Balaban J connectivity index is 1.81. The minimum atomic E-state index is 0.0266. The fraction of sp³-hybridized carbons (Fsp3) is 0.467. The zero-order valence-corrected chi connectivity index (χ0v) is 12.4. The number of rotatable bonds is 3. The van der Waals surface area contributed by atoms with E-state index in [4.69, 9.17) is 4.42 Å². The summed E-state index contributed by atoms with van der Waals surface area (Å²) < 4.78 is 7.04. The first-order valence-corrected chi connectivity index (χ1v) is 7.23. The van der Waals surface area contributed by atoms with Gasteiger partial charge in [0.25, 0.3) is 5.91 Å². The van der Waals surface area contributed by atoms with Gasteiger partial charge in [-0.05, 0) is 12.6 Å². The van der Waals surface area contributed by atoms with Crippen molar-refractivity contribution in [1.29, 1.82) is 0 Å². The van der Waals surface area contributed by atoms with Crippen molar-refractivity contribution >= 4 is 5.91 Å². The molecule has 0 saturated carbocycles. The average molecular weight is 288 g/mol. The van der Waals surface area contributed by atoms with Crippen molar-refractivity contribution in [1.82, 2.24) is 19.4 Å². The van der Waals surface area contributed by atoms with Crippen molar-refractivity contribution in [2.24, 2.45) is 7.05 Å². The number of carbonyl (C=O) groups excluding carboxylic acids is 1. The summed E-state index contributed by atoms with van der Waals surface area (Å²) in [4.78, 5) is 21.2. The topological polar surface area (TPSA) is 54.5 Å². The van der Waals surface area contributed by atoms with Gasteiger partial charge in [-0.2, -0.15) is 0 Å². The van der Waals surface area contributed by atoms with E-state index in [9.17, 15) is 4.79 Å². The van der Waals surface area contributed by atoms with Crippen molar-refractivity contribution in [2.45, 2.75) is 13.0 Å². The molecule has 3 rings (SSSR count). The first kappa shape index (κ1) is 13.9. The van der Waals surface area contributed by atoms with Crippen LogP contribution in [-0.4, -0.2) is 51.4 Å². The molecule has 0 unspecified atom stereocenters.